The average Bonchev–Trinajstić information content (AvgIpc) is 2.70. The van der Waals surface area contributed by atoms with Crippen molar-refractivity contribution < 1.29 is 8.42 Å². The van der Waals surface area contributed by atoms with E-state index in [4.69, 9.17) is 0 Å². The third-order valence-corrected chi connectivity index (χ3v) is 7.51. The van der Waals surface area contributed by atoms with Crippen LogP contribution in [-0.4, -0.2) is 26.8 Å². The fourth-order valence-electron chi connectivity index (χ4n) is 3.54. The Labute approximate surface area is 180 Å². The second-order valence-corrected chi connectivity index (χ2v) is 9.90. The van der Waals surface area contributed by atoms with E-state index in [1.165, 1.54) is 4.31 Å². The van der Waals surface area contributed by atoms with Crippen molar-refractivity contribution in [1.82, 2.24) is 4.31 Å². The molecule has 0 fully saturated rings. The maximum Gasteiger partial charge on any atom is 0.247 e. The fraction of sp³-hybridized carbons (Fsp3) is 0.182. The van der Waals surface area contributed by atoms with E-state index < -0.39 is 16.2 Å². The summed E-state index contributed by atoms with van der Waals surface area (Å²) in [5.41, 5.74) is 3.46. The Hall–Kier alpha value is -2.35. The summed E-state index contributed by atoms with van der Waals surface area (Å²) in [5.74, 6) is 0. The lowest BCUT2D eigenvalue weighted by molar-refractivity contribution is 0.336. The minimum atomic E-state index is -3.67. The first-order chi connectivity index (χ1) is 13.9. The molecule has 3 aromatic carbocycles. The molecule has 1 atom stereocenters. The Kier molecular flexibility index (Phi) is 5.38. The second-order valence-electron chi connectivity index (χ2n) is 7.18. The number of benzene rings is 3. The summed E-state index contributed by atoms with van der Waals surface area (Å²) < 4.78 is 29.5. The molecule has 3 aromatic rings. The molecule has 0 amide bonds. The number of nitrogens with zero attached hydrogens (tertiary/aromatic N) is 2. The molecule has 0 unspecified atom stereocenters. The highest BCUT2D eigenvalue weighted by molar-refractivity contribution is 9.10. The molecule has 0 bridgehead atoms. The zero-order chi connectivity index (χ0) is 20.6. The summed E-state index contributed by atoms with van der Waals surface area (Å²) in [7, 11) is 0.274. The van der Waals surface area contributed by atoms with Crippen molar-refractivity contribution in [3.8, 4) is 0 Å². The van der Waals surface area contributed by atoms with Crippen molar-refractivity contribution in [3.05, 3.63) is 88.4 Å². The van der Waals surface area contributed by atoms with E-state index in [-0.39, 0.29) is 6.54 Å². The first-order valence-corrected chi connectivity index (χ1v) is 11.5. The third kappa shape index (κ3) is 3.77. The molecule has 150 valence electrons. The van der Waals surface area contributed by atoms with Crippen LogP contribution in [0.25, 0.3) is 0 Å². The van der Waals surface area contributed by atoms with Gasteiger partial charge in [0.15, 0.2) is 0 Å². The molecule has 0 spiro atoms. The van der Waals surface area contributed by atoms with Crippen LogP contribution < -0.4 is 10.2 Å². The Morgan fingerprint density at radius 2 is 1.69 bits per heavy atom. The highest BCUT2D eigenvalue weighted by atomic mass is 79.9. The highest BCUT2D eigenvalue weighted by Gasteiger charge is 2.39. The maximum absolute atomic E-state index is 13.5. The average molecular weight is 472 g/mol. The number of nitrogens with one attached hydrogen (secondary N) is 1. The van der Waals surface area contributed by atoms with Gasteiger partial charge in [0, 0.05) is 25.1 Å². The predicted octanol–water partition coefficient (Wildman–Crippen LogP) is 4.83. The summed E-state index contributed by atoms with van der Waals surface area (Å²) in [5, 5.41) is 3.43. The third-order valence-electron chi connectivity index (χ3n) is 5.00. The van der Waals surface area contributed by atoms with E-state index in [0.29, 0.717) is 10.6 Å². The Balaban J connectivity index is 1.83. The lowest BCUT2D eigenvalue weighted by atomic mass is 10.1. The van der Waals surface area contributed by atoms with Crippen LogP contribution in [0.5, 0.6) is 0 Å². The minimum Gasteiger partial charge on any atom is -0.377 e. The maximum atomic E-state index is 13.5. The number of anilines is 2. The van der Waals surface area contributed by atoms with E-state index in [1.54, 1.807) is 12.1 Å². The van der Waals surface area contributed by atoms with Gasteiger partial charge < -0.3 is 10.2 Å². The molecule has 1 heterocycles. The molecule has 0 saturated heterocycles. The monoisotopic (exact) mass is 471 g/mol. The van der Waals surface area contributed by atoms with Crippen LogP contribution in [0.2, 0.25) is 0 Å². The molecule has 5 nitrogen and oxygen atoms in total. The Morgan fingerprint density at radius 1 is 1.00 bits per heavy atom. The minimum absolute atomic E-state index is 0.280. The highest BCUT2D eigenvalue weighted by Crippen LogP contribution is 2.40. The predicted molar refractivity (Wildman–Crippen MR) is 120 cm³/mol. The number of fused-ring (bicyclic) bond motifs is 1. The lowest BCUT2D eigenvalue weighted by Crippen LogP contribution is -2.42. The van der Waals surface area contributed by atoms with E-state index in [0.717, 1.165) is 21.3 Å². The molecule has 1 aliphatic rings. The molecule has 1 aliphatic heterocycles. The van der Waals surface area contributed by atoms with E-state index >= 15 is 0 Å². The van der Waals surface area contributed by atoms with Gasteiger partial charge in [-0.1, -0.05) is 48.5 Å². The normalized spacial score (nSPS) is 18.0. The summed E-state index contributed by atoms with van der Waals surface area (Å²) >= 11 is 3.62. The quantitative estimate of drug-likeness (QED) is 0.591. The Morgan fingerprint density at radius 3 is 2.38 bits per heavy atom. The van der Waals surface area contributed by atoms with Gasteiger partial charge in [0.1, 0.15) is 11.1 Å². The van der Waals surface area contributed by atoms with Crippen LogP contribution in [0.1, 0.15) is 17.3 Å². The second kappa shape index (κ2) is 7.82. The van der Waals surface area contributed by atoms with Crippen LogP contribution in [0.4, 0.5) is 11.4 Å². The van der Waals surface area contributed by atoms with Gasteiger partial charge in [-0.25, -0.2) is 8.42 Å². The van der Waals surface area contributed by atoms with Gasteiger partial charge in [0.2, 0.25) is 10.0 Å². The summed E-state index contributed by atoms with van der Waals surface area (Å²) in [6.45, 7) is 0.280. The van der Waals surface area contributed by atoms with Crippen LogP contribution in [0, 0.1) is 0 Å². The van der Waals surface area contributed by atoms with Gasteiger partial charge >= 0.3 is 0 Å². The first kappa shape index (κ1) is 19.9. The standard InChI is InChI=1S/C22H22BrN3O2S/c1-25(2)20-13-12-17(14-18(20)23)22-24-19-10-6-7-11-21(19)29(27,28)26(22)15-16-8-4-3-5-9-16/h3-14,22,24H,15H2,1-2H3/t22-/m1/s1. The van der Waals surface area contributed by atoms with Gasteiger partial charge in [-0.05, 0) is 51.3 Å². The molecule has 0 aromatic heterocycles. The number of hydrogen-bond donors (Lipinski definition) is 1. The molecular weight excluding hydrogens is 450 g/mol. The van der Waals surface area contributed by atoms with Gasteiger partial charge in [-0.2, -0.15) is 4.31 Å². The molecule has 7 heteroatoms. The molecule has 1 N–H and O–H groups in total. The van der Waals surface area contributed by atoms with Crippen LogP contribution in [0.3, 0.4) is 0 Å². The zero-order valence-electron chi connectivity index (χ0n) is 16.2. The topological polar surface area (TPSA) is 52.7 Å². The van der Waals surface area contributed by atoms with Crippen LogP contribution in [0.15, 0.2) is 82.2 Å². The number of hydrogen-bond acceptors (Lipinski definition) is 4. The fourth-order valence-corrected chi connectivity index (χ4v) is 5.97. The summed E-state index contributed by atoms with van der Waals surface area (Å²) in [6.07, 6.45) is -0.511. The number of rotatable bonds is 4. The van der Waals surface area contributed by atoms with Gasteiger partial charge in [0.25, 0.3) is 0 Å². The SMILES string of the molecule is CN(C)c1ccc([C@@H]2Nc3ccccc3S(=O)(=O)N2Cc2ccccc2)cc1Br. The number of para-hydroxylation sites is 1. The molecule has 29 heavy (non-hydrogen) atoms. The lowest BCUT2D eigenvalue weighted by Gasteiger charge is -2.37. The number of halogens is 1. The van der Waals surface area contributed by atoms with E-state index in [2.05, 4.69) is 21.2 Å². The molecule has 0 aliphatic carbocycles. The van der Waals surface area contributed by atoms with Crippen molar-refractivity contribution in [2.24, 2.45) is 0 Å². The molecule has 0 saturated carbocycles. The molecule has 4 rings (SSSR count). The number of sulfonamides is 1. The van der Waals surface area contributed by atoms with Crippen LogP contribution in [-0.2, 0) is 16.6 Å². The van der Waals surface area contributed by atoms with E-state index in [9.17, 15) is 8.42 Å². The van der Waals surface area contributed by atoms with Crippen molar-refractivity contribution in [2.75, 3.05) is 24.3 Å². The van der Waals surface area contributed by atoms with Crippen molar-refractivity contribution in [3.63, 3.8) is 0 Å². The largest absolute Gasteiger partial charge is 0.377 e. The molecular formula is C22H22BrN3O2S. The summed E-state index contributed by atoms with van der Waals surface area (Å²) in [4.78, 5) is 2.31. The smallest absolute Gasteiger partial charge is 0.247 e. The van der Waals surface area contributed by atoms with Crippen molar-refractivity contribution in [1.29, 1.82) is 0 Å². The summed E-state index contributed by atoms with van der Waals surface area (Å²) in [6, 6.07) is 22.7. The Bertz CT molecular complexity index is 1130. The van der Waals surface area contributed by atoms with E-state index in [1.807, 2.05) is 79.7 Å². The zero-order valence-corrected chi connectivity index (χ0v) is 18.6. The van der Waals surface area contributed by atoms with Gasteiger partial charge in [0.05, 0.1) is 11.4 Å². The molecule has 0 radical (unpaired) electrons. The van der Waals surface area contributed by atoms with Gasteiger partial charge in [-0.3, -0.25) is 0 Å². The van der Waals surface area contributed by atoms with Gasteiger partial charge in [-0.15, -0.1) is 0 Å². The van der Waals surface area contributed by atoms with Crippen molar-refractivity contribution in [2.45, 2.75) is 17.6 Å². The van der Waals surface area contributed by atoms with Crippen LogP contribution >= 0.6 is 15.9 Å². The first-order valence-electron chi connectivity index (χ1n) is 9.26. The van der Waals surface area contributed by atoms with Crippen molar-refractivity contribution >= 4 is 37.3 Å².